The molecule has 0 aliphatic rings. The lowest BCUT2D eigenvalue weighted by molar-refractivity contribution is -0.123. The van der Waals surface area contributed by atoms with Gasteiger partial charge in [-0.25, -0.2) is 0 Å². The molecule has 6 nitrogen and oxygen atoms in total. The lowest BCUT2D eigenvalue weighted by atomic mass is 10.2. The van der Waals surface area contributed by atoms with Crippen molar-refractivity contribution >= 4 is 29.1 Å². The number of aromatic nitrogens is 2. The molecule has 3 aromatic rings. The zero-order chi connectivity index (χ0) is 18.4. The highest BCUT2D eigenvalue weighted by atomic mass is 35.5. The molecular formula is C18H15Cl2N3O3. The SMILES string of the molecule is O=C(COc1ccc(Cl)cc1)NCCc1nc(-c2ccccc2Cl)no1. The molecule has 3 rings (SSSR count). The highest BCUT2D eigenvalue weighted by Crippen LogP contribution is 2.24. The molecule has 1 amide bonds. The first-order chi connectivity index (χ1) is 12.6. The van der Waals surface area contributed by atoms with Gasteiger partial charge in [-0.2, -0.15) is 4.98 Å². The molecule has 0 atom stereocenters. The summed E-state index contributed by atoms with van der Waals surface area (Å²) in [6.45, 7) is 0.267. The molecule has 26 heavy (non-hydrogen) atoms. The maximum Gasteiger partial charge on any atom is 0.257 e. The summed E-state index contributed by atoms with van der Waals surface area (Å²) < 4.78 is 10.5. The number of benzene rings is 2. The zero-order valence-corrected chi connectivity index (χ0v) is 15.1. The van der Waals surface area contributed by atoms with Crippen molar-refractivity contribution in [3.8, 4) is 17.1 Å². The first kappa shape index (κ1) is 18.2. The predicted octanol–water partition coefficient (Wildman–Crippen LogP) is 3.78. The fourth-order valence-electron chi connectivity index (χ4n) is 2.15. The average Bonchev–Trinajstić information content (AvgIpc) is 3.10. The minimum absolute atomic E-state index is 0.0870. The van der Waals surface area contributed by atoms with Crippen LogP contribution in [0.15, 0.2) is 53.1 Å². The largest absolute Gasteiger partial charge is 0.484 e. The molecule has 1 heterocycles. The van der Waals surface area contributed by atoms with Gasteiger partial charge in [-0.15, -0.1) is 0 Å². The van der Waals surface area contributed by atoms with Crippen LogP contribution in [0, 0.1) is 0 Å². The van der Waals surface area contributed by atoms with Gasteiger partial charge >= 0.3 is 0 Å². The highest BCUT2D eigenvalue weighted by molar-refractivity contribution is 6.33. The summed E-state index contributed by atoms with van der Waals surface area (Å²) in [6.07, 6.45) is 0.407. The van der Waals surface area contributed by atoms with Gasteiger partial charge in [-0.1, -0.05) is 40.5 Å². The summed E-state index contributed by atoms with van der Waals surface area (Å²) in [6, 6.07) is 14.0. The van der Waals surface area contributed by atoms with Crippen LogP contribution in [0.25, 0.3) is 11.4 Å². The van der Waals surface area contributed by atoms with Crippen molar-refractivity contribution in [1.29, 1.82) is 0 Å². The van der Waals surface area contributed by atoms with Gasteiger partial charge in [0.05, 0.1) is 5.02 Å². The molecule has 1 N–H and O–H groups in total. The summed E-state index contributed by atoms with van der Waals surface area (Å²) in [7, 11) is 0. The fourth-order valence-corrected chi connectivity index (χ4v) is 2.49. The van der Waals surface area contributed by atoms with Crippen LogP contribution >= 0.6 is 23.2 Å². The Morgan fingerprint density at radius 1 is 1.12 bits per heavy atom. The molecule has 8 heteroatoms. The number of nitrogens with one attached hydrogen (secondary N) is 1. The molecule has 2 aromatic carbocycles. The van der Waals surface area contributed by atoms with Gasteiger partial charge in [0.25, 0.3) is 5.91 Å². The fraction of sp³-hybridized carbons (Fsp3) is 0.167. The molecule has 0 saturated heterocycles. The first-order valence-electron chi connectivity index (χ1n) is 7.84. The van der Waals surface area contributed by atoms with Crippen molar-refractivity contribution < 1.29 is 14.1 Å². The summed E-state index contributed by atoms with van der Waals surface area (Å²) >= 11 is 11.9. The second-order valence-electron chi connectivity index (χ2n) is 5.33. The molecule has 0 radical (unpaired) electrons. The number of carbonyl (C=O) groups excluding carboxylic acids is 1. The van der Waals surface area contributed by atoms with Crippen molar-refractivity contribution in [2.24, 2.45) is 0 Å². The quantitative estimate of drug-likeness (QED) is 0.662. The van der Waals surface area contributed by atoms with Gasteiger partial charge in [0.15, 0.2) is 6.61 Å². The summed E-state index contributed by atoms with van der Waals surface area (Å²) in [5, 5.41) is 7.80. The number of hydrogen-bond acceptors (Lipinski definition) is 5. The van der Waals surface area contributed by atoms with E-state index in [0.717, 1.165) is 0 Å². The van der Waals surface area contributed by atoms with E-state index < -0.39 is 0 Å². The molecular weight excluding hydrogens is 377 g/mol. The van der Waals surface area contributed by atoms with Crippen LogP contribution in [0.2, 0.25) is 10.0 Å². The number of ether oxygens (including phenoxy) is 1. The predicted molar refractivity (Wildman–Crippen MR) is 98.4 cm³/mol. The Labute approximate surface area is 160 Å². The van der Waals surface area contributed by atoms with Gasteiger partial charge in [0.2, 0.25) is 11.7 Å². The van der Waals surface area contributed by atoms with Gasteiger partial charge in [0.1, 0.15) is 5.75 Å². The molecule has 1 aromatic heterocycles. The van der Waals surface area contributed by atoms with Gasteiger partial charge in [-0.3, -0.25) is 4.79 Å². The van der Waals surface area contributed by atoms with Crippen molar-refractivity contribution in [3.63, 3.8) is 0 Å². The number of nitrogens with zero attached hydrogens (tertiary/aromatic N) is 2. The third-order valence-corrected chi connectivity index (χ3v) is 4.01. The molecule has 0 aliphatic heterocycles. The normalized spacial score (nSPS) is 10.5. The van der Waals surface area contributed by atoms with Gasteiger partial charge < -0.3 is 14.6 Å². The molecule has 0 spiro atoms. The van der Waals surface area contributed by atoms with Crippen LogP contribution in [-0.2, 0) is 11.2 Å². The Kier molecular flexibility index (Phi) is 6.09. The van der Waals surface area contributed by atoms with E-state index in [4.69, 9.17) is 32.5 Å². The number of rotatable bonds is 7. The van der Waals surface area contributed by atoms with Crippen LogP contribution in [0.5, 0.6) is 5.75 Å². The maximum absolute atomic E-state index is 11.8. The minimum atomic E-state index is -0.245. The van der Waals surface area contributed by atoms with E-state index in [1.54, 1.807) is 30.3 Å². The Bertz CT molecular complexity index is 881. The standard InChI is InChI=1S/C18H15Cl2N3O3/c19-12-5-7-13(8-6-12)25-11-16(24)21-10-9-17-22-18(23-26-17)14-3-1-2-4-15(14)20/h1-8H,9-11H2,(H,21,24). The number of halogens is 2. The molecule has 0 aliphatic carbocycles. The van der Waals surface area contributed by atoms with Gasteiger partial charge in [0, 0.05) is 23.6 Å². The Morgan fingerprint density at radius 3 is 2.65 bits per heavy atom. The summed E-state index contributed by atoms with van der Waals surface area (Å²) in [5.41, 5.74) is 0.699. The van der Waals surface area contributed by atoms with Crippen molar-refractivity contribution in [3.05, 3.63) is 64.5 Å². The molecule has 134 valence electrons. The second kappa shape index (κ2) is 8.69. The van der Waals surface area contributed by atoms with E-state index in [0.29, 0.717) is 46.0 Å². The van der Waals surface area contributed by atoms with Crippen LogP contribution in [0.3, 0.4) is 0 Å². The minimum Gasteiger partial charge on any atom is -0.484 e. The Morgan fingerprint density at radius 2 is 1.88 bits per heavy atom. The summed E-state index contributed by atoms with van der Waals surface area (Å²) in [4.78, 5) is 16.1. The maximum atomic E-state index is 11.8. The van der Waals surface area contributed by atoms with Crippen LogP contribution in [0.4, 0.5) is 0 Å². The molecule has 0 bridgehead atoms. The highest BCUT2D eigenvalue weighted by Gasteiger charge is 2.11. The van der Waals surface area contributed by atoms with Crippen molar-refractivity contribution in [2.75, 3.05) is 13.2 Å². The Hall–Kier alpha value is -2.57. The molecule has 0 unspecified atom stereocenters. The Balaban J connectivity index is 1.44. The zero-order valence-electron chi connectivity index (χ0n) is 13.6. The van der Waals surface area contributed by atoms with Crippen LogP contribution in [-0.4, -0.2) is 29.2 Å². The third-order valence-electron chi connectivity index (χ3n) is 3.43. The van der Waals surface area contributed by atoms with E-state index in [2.05, 4.69) is 15.5 Å². The molecule has 0 fully saturated rings. The first-order valence-corrected chi connectivity index (χ1v) is 8.60. The van der Waals surface area contributed by atoms with Gasteiger partial charge in [-0.05, 0) is 36.4 Å². The van der Waals surface area contributed by atoms with E-state index in [1.807, 2.05) is 18.2 Å². The van der Waals surface area contributed by atoms with Crippen molar-refractivity contribution in [2.45, 2.75) is 6.42 Å². The molecule has 0 saturated carbocycles. The van der Waals surface area contributed by atoms with Crippen LogP contribution in [0.1, 0.15) is 5.89 Å². The van der Waals surface area contributed by atoms with Crippen molar-refractivity contribution in [1.82, 2.24) is 15.5 Å². The average molecular weight is 392 g/mol. The lowest BCUT2D eigenvalue weighted by Gasteiger charge is -2.06. The smallest absolute Gasteiger partial charge is 0.257 e. The lowest BCUT2D eigenvalue weighted by Crippen LogP contribution is -2.30. The second-order valence-corrected chi connectivity index (χ2v) is 6.18. The van der Waals surface area contributed by atoms with E-state index in [9.17, 15) is 4.79 Å². The van der Waals surface area contributed by atoms with E-state index >= 15 is 0 Å². The number of carbonyl (C=O) groups is 1. The van der Waals surface area contributed by atoms with E-state index in [-0.39, 0.29) is 12.5 Å². The summed E-state index contributed by atoms with van der Waals surface area (Å²) in [5.74, 6) is 1.17. The van der Waals surface area contributed by atoms with E-state index in [1.165, 1.54) is 0 Å². The van der Waals surface area contributed by atoms with Crippen LogP contribution < -0.4 is 10.1 Å². The topological polar surface area (TPSA) is 77.2 Å². The third kappa shape index (κ3) is 4.97. The number of amides is 1. The monoisotopic (exact) mass is 391 g/mol. The number of hydrogen-bond donors (Lipinski definition) is 1.